The van der Waals surface area contributed by atoms with Crippen molar-refractivity contribution in [1.29, 1.82) is 0 Å². The quantitative estimate of drug-likeness (QED) is 0.669. The van der Waals surface area contributed by atoms with Crippen LogP contribution in [0.5, 0.6) is 0 Å². The van der Waals surface area contributed by atoms with Crippen molar-refractivity contribution in [1.82, 2.24) is 19.2 Å². The number of rotatable bonds is 3. The van der Waals surface area contributed by atoms with Crippen molar-refractivity contribution in [3.05, 3.63) is 20.8 Å². The number of thiophene rings is 1. The second kappa shape index (κ2) is 5.57. The lowest BCUT2D eigenvalue weighted by atomic mass is 9.90. The van der Waals surface area contributed by atoms with Gasteiger partial charge in [-0.1, -0.05) is 25.6 Å². The zero-order valence-corrected chi connectivity index (χ0v) is 15.9. The molecular formula is C16H20N4O2S2. The maximum absolute atomic E-state index is 13.0. The molecule has 128 valence electrons. The fourth-order valence-electron chi connectivity index (χ4n) is 3.21. The summed E-state index contributed by atoms with van der Waals surface area (Å²) < 4.78 is 9.70. The molecule has 4 heterocycles. The summed E-state index contributed by atoms with van der Waals surface area (Å²) in [4.78, 5) is 15.1. The number of hydrogen-bond acceptors (Lipinski definition) is 6. The van der Waals surface area contributed by atoms with Gasteiger partial charge in [0, 0.05) is 18.3 Å². The lowest BCUT2D eigenvalue weighted by Gasteiger charge is -2.32. The Balaban J connectivity index is 2.09. The molecule has 4 rings (SSSR count). The highest BCUT2D eigenvalue weighted by Gasteiger charge is 2.33. The van der Waals surface area contributed by atoms with Gasteiger partial charge in [0.1, 0.15) is 4.83 Å². The van der Waals surface area contributed by atoms with Crippen molar-refractivity contribution in [3.8, 4) is 0 Å². The van der Waals surface area contributed by atoms with E-state index in [1.165, 1.54) is 0 Å². The van der Waals surface area contributed by atoms with Crippen molar-refractivity contribution in [2.75, 3.05) is 5.75 Å². The fourth-order valence-corrected chi connectivity index (χ4v) is 5.15. The molecule has 1 aliphatic heterocycles. The van der Waals surface area contributed by atoms with Gasteiger partial charge < -0.3 is 4.74 Å². The van der Waals surface area contributed by atoms with Crippen LogP contribution in [0.15, 0.2) is 9.95 Å². The van der Waals surface area contributed by atoms with Gasteiger partial charge in [0.15, 0.2) is 5.16 Å². The molecule has 8 heteroatoms. The third-order valence-corrected chi connectivity index (χ3v) is 6.84. The van der Waals surface area contributed by atoms with Crippen LogP contribution in [0.25, 0.3) is 16.0 Å². The summed E-state index contributed by atoms with van der Waals surface area (Å²) in [6, 6.07) is 0. The van der Waals surface area contributed by atoms with Gasteiger partial charge in [-0.05, 0) is 24.7 Å². The fraction of sp³-hybridized carbons (Fsp3) is 0.562. The van der Waals surface area contributed by atoms with Crippen LogP contribution in [0.1, 0.15) is 37.6 Å². The zero-order valence-electron chi connectivity index (χ0n) is 14.3. The Hall–Kier alpha value is -1.38. The average molecular weight is 364 g/mol. The summed E-state index contributed by atoms with van der Waals surface area (Å²) in [6.07, 6.45) is 1.70. The second-order valence-corrected chi connectivity index (χ2v) is 8.68. The summed E-state index contributed by atoms with van der Waals surface area (Å²) in [5.74, 6) is 1.51. The molecule has 0 radical (unpaired) electrons. The van der Waals surface area contributed by atoms with E-state index in [1.54, 1.807) is 34.7 Å². The van der Waals surface area contributed by atoms with Gasteiger partial charge in [-0.25, -0.2) is 4.40 Å². The van der Waals surface area contributed by atoms with Gasteiger partial charge in [-0.2, -0.15) is 0 Å². The van der Waals surface area contributed by atoms with Crippen LogP contribution in [0.3, 0.4) is 0 Å². The van der Waals surface area contributed by atoms with Crippen LogP contribution < -0.4 is 5.56 Å². The minimum atomic E-state index is -0.199. The highest BCUT2D eigenvalue weighted by molar-refractivity contribution is 7.99. The first-order chi connectivity index (χ1) is 11.5. The van der Waals surface area contributed by atoms with Gasteiger partial charge in [-0.15, -0.1) is 21.5 Å². The molecule has 3 aromatic heterocycles. The molecule has 0 amide bonds. The number of fused-ring (bicyclic) bond motifs is 5. The highest BCUT2D eigenvalue weighted by atomic mass is 32.2. The Bertz CT molecular complexity index is 1000. The third kappa shape index (κ3) is 2.16. The van der Waals surface area contributed by atoms with E-state index in [0.717, 1.165) is 44.4 Å². The summed E-state index contributed by atoms with van der Waals surface area (Å²) in [6.45, 7) is 6.91. The van der Waals surface area contributed by atoms with E-state index in [9.17, 15) is 4.79 Å². The van der Waals surface area contributed by atoms with Crippen molar-refractivity contribution < 1.29 is 4.74 Å². The van der Waals surface area contributed by atoms with Gasteiger partial charge in [0.05, 0.1) is 17.6 Å². The molecule has 0 fully saturated rings. The lowest BCUT2D eigenvalue weighted by molar-refractivity contribution is -0.0543. The van der Waals surface area contributed by atoms with Gasteiger partial charge in [0.2, 0.25) is 5.78 Å². The van der Waals surface area contributed by atoms with Crippen molar-refractivity contribution in [2.45, 2.75) is 51.0 Å². The Labute approximate surface area is 147 Å². The van der Waals surface area contributed by atoms with E-state index in [-0.39, 0.29) is 11.2 Å². The normalized spacial score (nSPS) is 20.8. The van der Waals surface area contributed by atoms with E-state index >= 15 is 0 Å². The number of ether oxygens (including phenoxy) is 1. The largest absolute Gasteiger partial charge is 0.369 e. The van der Waals surface area contributed by atoms with Gasteiger partial charge in [0.25, 0.3) is 5.56 Å². The van der Waals surface area contributed by atoms with Crippen LogP contribution in [0.4, 0.5) is 0 Å². The first kappa shape index (κ1) is 16.1. The predicted molar refractivity (Wildman–Crippen MR) is 97.2 cm³/mol. The van der Waals surface area contributed by atoms with Crippen molar-refractivity contribution in [3.63, 3.8) is 0 Å². The maximum Gasteiger partial charge on any atom is 0.263 e. The monoisotopic (exact) mass is 364 g/mol. The minimum absolute atomic E-state index is 0.0100. The summed E-state index contributed by atoms with van der Waals surface area (Å²) in [7, 11) is 1.77. The van der Waals surface area contributed by atoms with Gasteiger partial charge in [-0.3, -0.25) is 9.36 Å². The van der Waals surface area contributed by atoms with E-state index in [1.807, 2.05) is 4.40 Å². The second-order valence-electron chi connectivity index (χ2n) is 6.37. The van der Waals surface area contributed by atoms with Crippen LogP contribution in [0, 0.1) is 0 Å². The number of aromatic nitrogens is 4. The molecular weight excluding hydrogens is 344 g/mol. The molecule has 0 N–H and O–H groups in total. The highest BCUT2D eigenvalue weighted by Crippen LogP contribution is 2.39. The molecule has 0 unspecified atom stereocenters. The Kier molecular flexibility index (Phi) is 3.74. The molecule has 3 aromatic rings. The Morgan fingerprint density at radius 3 is 2.88 bits per heavy atom. The zero-order chi connectivity index (χ0) is 17.1. The number of aryl methyl sites for hydroxylation is 1. The molecule has 6 nitrogen and oxygen atoms in total. The van der Waals surface area contributed by atoms with Crippen molar-refractivity contribution >= 4 is 39.1 Å². The van der Waals surface area contributed by atoms with E-state index < -0.39 is 0 Å². The van der Waals surface area contributed by atoms with E-state index in [0.29, 0.717) is 12.4 Å². The molecule has 0 bridgehead atoms. The molecule has 0 saturated carbocycles. The molecule has 0 spiro atoms. The topological polar surface area (TPSA) is 61.4 Å². The third-order valence-electron chi connectivity index (χ3n) is 4.83. The first-order valence-electron chi connectivity index (χ1n) is 8.14. The Morgan fingerprint density at radius 1 is 1.38 bits per heavy atom. The molecule has 24 heavy (non-hydrogen) atoms. The SMILES string of the molecule is CCSc1nnc2n(C)c(=O)c3c4c(sc3n12)CO[C@@](C)(CC)C4. The van der Waals surface area contributed by atoms with E-state index in [2.05, 4.69) is 31.0 Å². The number of hydrogen-bond donors (Lipinski definition) is 0. The van der Waals surface area contributed by atoms with E-state index in [4.69, 9.17) is 4.74 Å². The van der Waals surface area contributed by atoms with Crippen molar-refractivity contribution in [2.24, 2.45) is 7.05 Å². The maximum atomic E-state index is 13.0. The van der Waals surface area contributed by atoms with Gasteiger partial charge >= 0.3 is 0 Å². The molecule has 1 aliphatic rings. The Morgan fingerprint density at radius 2 is 2.17 bits per heavy atom. The predicted octanol–water partition coefficient (Wildman–Crippen LogP) is 3.00. The average Bonchev–Trinajstić information content (AvgIpc) is 3.14. The van der Waals surface area contributed by atoms with Crippen LogP contribution >= 0.6 is 23.1 Å². The summed E-state index contributed by atoms with van der Waals surface area (Å²) in [5, 5.41) is 10.2. The lowest BCUT2D eigenvalue weighted by Crippen LogP contribution is -2.34. The summed E-state index contributed by atoms with van der Waals surface area (Å²) in [5.41, 5.74) is 0.958. The summed E-state index contributed by atoms with van der Waals surface area (Å²) >= 11 is 3.28. The first-order valence-corrected chi connectivity index (χ1v) is 9.94. The minimum Gasteiger partial charge on any atom is -0.369 e. The molecule has 0 saturated heterocycles. The smallest absolute Gasteiger partial charge is 0.263 e. The van der Waals surface area contributed by atoms with Crippen LogP contribution in [-0.4, -0.2) is 30.5 Å². The number of nitrogens with zero attached hydrogens (tertiary/aromatic N) is 4. The standard InChI is InChI=1S/C16H20N4O2S2/c1-5-16(3)7-9-10(8-22-16)24-13-11(9)12(21)19(4)14-17-18-15(20(13)14)23-6-2/h5-8H2,1-4H3/t16-/m0/s1. The number of thioether (sulfide) groups is 1. The van der Waals surface area contributed by atoms with Crippen LogP contribution in [0.2, 0.25) is 0 Å². The molecule has 0 aromatic carbocycles. The molecule has 0 aliphatic carbocycles. The molecule has 1 atom stereocenters. The van der Waals surface area contributed by atoms with Crippen LogP contribution in [-0.2, 0) is 24.8 Å².